The molecule has 0 heterocycles. The molecule has 0 aliphatic rings. The van der Waals surface area contributed by atoms with Gasteiger partial charge < -0.3 is 10.1 Å². The summed E-state index contributed by atoms with van der Waals surface area (Å²) in [6, 6.07) is 1.83. The SMILES string of the molecule is CNC(=O)N(C)c1c(C)cc(OC)c(C)c1C. The summed E-state index contributed by atoms with van der Waals surface area (Å²) in [5.74, 6) is 0.856. The summed E-state index contributed by atoms with van der Waals surface area (Å²) in [7, 11) is 5.04. The Hall–Kier alpha value is -1.71. The lowest BCUT2D eigenvalue weighted by Crippen LogP contribution is -2.35. The zero-order valence-electron chi connectivity index (χ0n) is 11.3. The van der Waals surface area contributed by atoms with Crippen molar-refractivity contribution >= 4 is 11.7 Å². The largest absolute Gasteiger partial charge is 0.496 e. The van der Waals surface area contributed by atoms with Gasteiger partial charge in [-0.05, 0) is 43.5 Å². The number of carbonyl (C=O) groups is 1. The van der Waals surface area contributed by atoms with E-state index in [1.165, 1.54) is 0 Å². The summed E-state index contributed by atoms with van der Waals surface area (Å²) in [6.45, 7) is 5.97. The van der Waals surface area contributed by atoms with Gasteiger partial charge in [0.1, 0.15) is 5.75 Å². The maximum atomic E-state index is 11.7. The first-order valence-electron chi connectivity index (χ1n) is 5.54. The highest BCUT2D eigenvalue weighted by Crippen LogP contribution is 2.33. The molecular formula is C13H20N2O2. The van der Waals surface area contributed by atoms with Gasteiger partial charge in [-0.3, -0.25) is 4.90 Å². The number of carbonyl (C=O) groups excluding carboxylic acids is 1. The lowest BCUT2D eigenvalue weighted by Gasteiger charge is -2.23. The highest BCUT2D eigenvalue weighted by Gasteiger charge is 2.17. The number of hydrogen-bond acceptors (Lipinski definition) is 2. The number of nitrogens with one attached hydrogen (secondary N) is 1. The Kier molecular flexibility index (Phi) is 3.99. The lowest BCUT2D eigenvalue weighted by molar-refractivity contribution is 0.249. The molecule has 17 heavy (non-hydrogen) atoms. The van der Waals surface area contributed by atoms with Gasteiger partial charge in [-0.15, -0.1) is 0 Å². The van der Waals surface area contributed by atoms with Crippen LogP contribution >= 0.6 is 0 Å². The first kappa shape index (κ1) is 13.4. The van der Waals surface area contributed by atoms with E-state index in [1.54, 1.807) is 26.1 Å². The van der Waals surface area contributed by atoms with Crippen LogP contribution in [0, 0.1) is 20.8 Å². The Morgan fingerprint density at radius 1 is 1.29 bits per heavy atom. The van der Waals surface area contributed by atoms with Crippen LogP contribution in [0.2, 0.25) is 0 Å². The summed E-state index contributed by atoms with van der Waals surface area (Å²) in [6.07, 6.45) is 0. The van der Waals surface area contributed by atoms with Crippen molar-refractivity contribution in [1.29, 1.82) is 0 Å². The number of urea groups is 1. The number of ether oxygens (including phenoxy) is 1. The van der Waals surface area contributed by atoms with Crippen molar-refractivity contribution < 1.29 is 9.53 Å². The normalized spacial score (nSPS) is 10.0. The Morgan fingerprint density at radius 2 is 1.88 bits per heavy atom. The molecule has 0 aliphatic heterocycles. The third-order valence-corrected chi connectivity index (χ3v) is 3.08. The fourth-order valence-corrected chi connectivity index (χ4v) is 2.03. The van der Waals surface area contributed by atoms with Gasteiger partial charge in [-0.25, -0.2) is 4.79 Å². The zero-order chi connectivity index (χ0) is 13.2. The Bertz CT molecular complexity index is 442. The summed E-state index contributed by atoms with van der Waals surface area (Å²) in [4.78, 5) is 13.3. The zero-order valence-corrected chi connectivity index (χ0v) is 11.3. The highest BCUT2D eigenvalue weighted by molar-refractivity contribution is 5.93. The molecule has 4 heteroatoms. The van der Waals surface area contributed by atoms with Gasteiger partial charge in [-0.1, -0.05) is 0 Å². The third kappa shape index (κ3) is 2.35. The Morgan fingerprint density at radius 3 is 2.35 bits per heavy atom. The van der Waals surface area contributed by atoms with Gasteiger partial charge in [0.25, 0.3) is 0 Å². The molecule has 0 radical (unpaired) electrons. The molecular weight excluding hydrogens is 216 g/mol. The molecule has 4 nitrogen and oxygen atoms in total. The first-order chi connectivity index (χ1) is 7.93. The Labute approximate surface area is 103 Å². The Balaban J connectivity index is 3.35. The number of hydrogen-bond donors (Lipinski definition) is 1. The second-order valence-corrected chi connectivity index (χ2v) is 4.11. The number of rotatable bonds is 2. The van der Waals surface area contributed by atoms with Crippen molar-refractivity contribution in [3.05, 3.63) is 22.8 Å². The molecule has 94 valence electrons. The maximum Gasteiger partial charge on any atom is 0.321 e. The van der Waals surface area contributed by atoms with Gasteiger partial charge in [0.05, 0.1) is 12.8 Å². The van der Waals surface area contributed by atoms with Gasteiger partial charge in [-0.2, -0.15) is 0 Å². The van der Waals surface area contributed by atoms with E-state index in [2.05, 4.69) is 5.32 Å². The van der Waals surface area contributed by atoms with E-state index in [0.29, 0.717) is 0 Å². The fourth-order valence-electron chi connectivity index (χ4n) is 2.03. The number of benzene rings is 1. The summed E-state index contributed by atoms with van der Waals surface area (Å²) in [5.41, 5.74) is 4.08. The lowest BCUT2D eigenvalue weighted by atomic mass is 10.0. The minimum Gasteiger partial charge on any atom is -0.496 e. The first-order valence-corrected chi connectivity index (χ1v) is 5.54. The molecule has 0 bridgehead atoms. The standard InChI is InChI=1S/C13H20N2O2/c1-8-7-11(17-6)9(2)10(3)12(8)15(5)13(16)14-4/h7H,1-6H3,(H,14,16). The molecule has 0 fully saturated rings. The van der Waals surface area contributed by atoms with Crippen molar-refractivity contribution in [3.8, 4) is 5.75 Å². The number of aryl methyl sites for hydroxylation is 1. The van der Waals surface area contributed by atoms with E-state index < -0.39 is 0 Å². The maximum absolute atomic E-state index is 11.7. The van der Waals surface area contributed by atoms with Gasteiger partial charge in [0, 0.05) is 14.1 Å². The van der Waals surface area contributed by atoms with Crippen molar-refractivity contribution in [2.24, 2.45) is 0 Å². The van der Waals surface area contributed by atoms with E-state index in [0.717, 1.165) is 28.1 Å². The minimum absolute atomic E-state index is 0.124. The van der Waals surface area contributed by atoms with Crippen LogP contribution in [-0.2, 0) is 0 Å². The minimum atomic E-state index is -0.124. The second-order valence-electron chi connectivity index (χ2n) is 4.11. The molecule has 0 aliphatic carbocycles. The number of nitrogens with zero attached hydrogens (tertiary/aromatic N) is 1. The predicted molar refractivity (Wildman–Crippen MR) is 70.1 cm³/mol. The van der Waals surface area contributed by atoms with Gasteiger partial charge in [0.15, 0.2) is 0 Å². The van der Waals surface area contributed by atoms with E-state index in [4.69, 9.17) is 4.74 Å². The average molecular weight is 236 g/mol. The molecule has 1 N–H and O–H groups in total. The van der Waals surface area contributed by atoms with Crippen LogP contribution in [0.25, 0.3) is 0 Å². The summed E-state index contributed by atoms with van der Waals surface area (Å²) >= 11 is 0. The van der Waals surface area contributed by atoms with E-state index in [9.17, 15) is 4.79 Å². The number of amides is 2. The van der Waals surface area contributed by atoms with Gasteiger partial charge in [0.2, 0.25) is 0 Å². The molecule has 1 aromatic rings. The van der Waals surface area contributed by atoms with Crippen LogP contribution in [0.15, 0.2) is 6.07 Å². The third-order valence-electron chi connectivity index (χ3n) is 3.08. The molecule has 0 aromatic heterocycles. The van der Waals surface area contributed by atoms with Crippen LogP contribution in [0.1, 0.15) is 16.7 Å². The quantitative estimate of drug-likeness (QED) is 0.856. The number of methoxy groups -OCH3 is 1. The van der Waals surface area contributed by atoms with E-state index in [-0.39, 0.29) is 6.03 Å². The summed E-state index contributed by atoms with van der Waals surface area (Å²) in [5, 5.41) is 2.62. The van der Waals surface area contributed by atoms with Gasteiger partial charge >= 0.3 is 6.03 Å². The summed E-state index contributed by atoms with van der Waals surface area (Å²) < 4.78 is 5.31. The predicted octanol–water partition coefficient (Wildman–Crippen LogP) is 2.40. The topological polar surface area (TPSA) is 41.6 Å². The highest BCUT2D eigenvalue weighted by atomic mass is 16.5. The molecule has 0 saturated heterocycles. The molecule has 1 aromatic carbocycles. The van der Waals surface area contributed by atoms with E-state index in [1.807, 2.05) is 26.8 Å². The van der Waals surface area contributed by atoms with Crippen LogP contribution in [0.5, 0.6) is 5.75 Å². The molecule has 0 spiro atoms. The second kappa shape index (κ2) is 5.08. The van der Waals surface area contributed by atoms with Crippen molar-refractivity contribution in [2.75, 3.05) is 26.1 Å². The molecule has 0 unspecified atom stereocenters. The van der Waals surface area contributed by atoms with Crippen molar-refractivity contribution in [3.63, 3.8) is 0 Å². The molecule has 2 amide bonds. The molecule has 1 rings (SSSR count). The molecule has 0 atom stereocenters. The van der Waals surface area contributed by atoms with Crippen LogP contribution < -0.4 is 15.0 Å². The van der Waals surface area contributed by atoms with Crippen LogP contribution in [-0.4, -0.2) is 27.2 Å². The van der Waals surface area contributed by atoms with Crippen LogP contribution in [0.3, 0.4) is 0 Å². The smallest absolute Gasteiger partial charge is 0.321 e. The molecule has 0 saturated carbocycles. The van der Waals surface area contributed by atoms with Crippen molar-refractivity contribution in [1.82, 2.24) is 5.32 Å². The average Bonchev–Trinajstić information content (AvgIpc) is 2.32. The van der Waals surface area contributed by atoms with Crippen molar-refractivity contribution in [2.45, 2.75) is 20.8 Å². The van der Waals surface area contributed by atoms with Crippen LogP contribution in [0.4, 0.5) is 10.5 Å². The monoisotopic (exact) mass is 236 g/mol. The number of anilines is 1. The van der Waals surface area contributed by atoms with E-state index >= 15 is 0 Å². The fraction of sp³-hybridized carbons (Fsp3) is 0.462.